The smallest absolute Gasteiger partial charge is 0.321 e. The molecule has 3 atom stereocenters. The van der Waals surface area contributed by atoms with Crippen LogP contribution in [0.1, 0.15) is 19.8 Å². The van der Waals surface area contributed by atoms with E-state index in [2.05, 4.69) is 0 Å². The van der Waals surface area contributed by atoms with Crippen LogP contribution in [-0.4, -0.2) is 59.0 Å². The Kier molecular flexibility index (Phi) is 3.47. The van der Waals surface area contributed by atoms with Crippen LogP contribution in [0.15, 0.2) is 0 Å². The van der Waals surface area contributed by atoms with E-state index in [9.17, 15) is 9.90 Å². The Bertz CT molecular complexity index is 267. The molecule has 1 heterocycles. The number of hydrogen-bond acceptors (Lipinski definition) is 4. The molecule has 16 heavy (non-hydrogen) atoms. The van der Waals surface area contributed by atoms with E-state index < -0.39 is 12.0 Å². The van der Waals surface area contributed by atoms with Crippen molar-refractivity contribution in [2.24, 2.45) is 5.92 Å². The summed E-state index contributed by atoms with van der Waals surface area (Å²) in [4.78, 5) is 13.3. The molecule has 92 valence electrons. The summed E-state index contributed by atoms with van der Waals surface area (Å²) in [7, 11) is 0. The molecule has 0 aromatic heterocycles. The molecule has 1 aliphatic heterocycles. The molecule has 5 nitrogen and oxygen atoms in total. The summed E-state index contributed by atoms with van der Waals surface area (Å²) >= 11 is 0. The lowest BCUT2D eigenvalue weighted by Gasteiger charge is -2.40. The Hall–Kier alpha value is -0.650. The first-order valence-electron chi connectivity index (χ1n) is 5.84. The standard InChI is InChI=1S/C11H19NO4/c1-7-6-16-9(5-13)4-12(7)10(11(14)15)8-2-3-8/h7-10,13H,2-6H2,1H3,(H,14,15). The van der Waals surface area contributed by atoms with Gasteiger partial charge in [0.1, 0.15) is 6.04 Å². The van der Waals surface area contributed by atoms with Crippen LogP contribution in [0.4, 0.5) is 0 Å². The van der Waals surface area contributed by atoms with Crippen LogP contribution in [0.2, 0.25) is 0 Å². The van der Waals surface area contributed by atoms with Gasteiger partial charge >= 0.3 is 5.97 Å². The lowest BCUT2D eigenvalue weighted by molar-refractivity contribution is -0.152. The maximum Gasteiger partial charge on any atom is 0.321 e. The molecular formula is C11H19NO4. The molecule has 1 saturated carbocycles. The first kappa shape index (κ1) is 11.8. The van der Waals surface area contributed by atoms with Gasteiger partial charge in [-0.1, -0.05) is 0 Å². The van der Waals surface area contributed by atoms with Gasteiger partial charge in [0, 0.05) is 12.6 Å². The fourth-order valence-electron chi connectivity index (χ4n) is 2.36. The van der Waals surface area contributed by atoms with Crippen molar-refractivity contribution in [3.8, 4) is 0 Å². The van der Waals surface area contributed by atoms with Gasteiger partial charge in [0.15, 0.2) is 0 Å². The molecular weight excluding hydrogens is 210 g/mol. The number of carboxylic acid groups (broad SMARTS) is 1. The molecule has 1 aliphatic carbocycles. The van der Waals surface area contributed by atoms with Crippen LogP contribution >= 0.6 is 0 Å². The van der Waals surface area contributed by atoms with Crippen molar-refractivity contribution in [2.75, 3.05) is 19.8 Å². The summed E-state index contributed by atoms with van der Waals surface area (Å²) in [6.45, 7) is 2.96. The van der Waals surface area contributed by atoms with Gasteiger partial charge in [0.25, 0.3) is 0 Å². The Morgan fingerprint density at radius 3 is 2.75 bits per heavy atom. The summed E-state index contributed by atoms with van der Waals surface area (Å²) in [5, 5.41) is 18.3. The van der Waals surface area contributed by atoms with Gasteiger partial charge in [-0.15, -0.1) is 0 Å². The third-order valence-electron chi connectivity index (χ3n) is 3.44. The number of ether oxygens (including phenoxy) is 1. The maximum absolute atomic E-state index is 11.3. The maximum atomic E-state index is 11.3. The largest absolute Gasteiger partial charge is 0.480 e. The third kappa shape index (κ3) is 2.36. The number of rotatable bonds is 4. The lowest BCUT2D eigenvalue weighted by Crippen LogP contribution is -2.56. The highest BCUT2D eigenvalue weighted by Gasteiger charge is 2.43. The van der Waals surface area contributed by atoms with Gasteiger partial charge in [-0.25, -0.2) is 0 Å². The van der Waals surface area contributed by atoms with Crippen molar-refractivity contribution in [3.05, 3.63) is 0 Å². The highest BCUT2D eigenvalue weighted by Crippen LogP contribution is 2.37. The lowest BCUT2D eigenvalue weighted by atomic mass is 10.1. The highest BCUT2D eigenvalue weighted by atomic mass is 16.5. The van der Waals surface area contributed by atoms with E-state index in [0.29, 0.717) is 13.2 Å². The minimum atomic E-state index is -0.743. The Balaban J connectivity index is 2.05. The molecule has 0 bridgehead atoms. The SMILES string of the molecule is CC1COC(CO)CN1C(C(=O)O)C1CC1. The third-order valence-corrected chi connectivity index (χ3v) is 3.44. The molecule has 0 aromatic rings. The number of carbonyl (C=O) groups is 1. The van der Waals surface area contributed by atoms with Crippen molar-refractivity contribution < 1.29 is 19.7 Å². The monoisotopic (exact) mass is 229 g/mol. The molecule has 0 radical (unpaired) electrons. The van der Waals surface area contributed by atoms with Crippen LogP contribution < -0.4 is 0 Å². The number of aliphatic hydroxyl groups is 1. The molecule has 2 rings (SSSR count). The van der Waals surface area contributed by atoms with Gasteiger partial charge in [-0.3, -0.25) is 9.69 Å². The second kappa shape index (κ2) is 4.69. The number of aliphatic carboxylic acids is 1. The predicted molar refractivity (Wildman–Crippen MR) is 57.1 cm³/mol. The molecule has 0 amide bonds. The summed E-state index contributed by atoms with van der Waals surface area (Å²) in [6, 6.07) is -0.280. The van der Waals surface area contributed by atoms with Crippen LogP contribution in [0.5, 0.6) is 0 Å². The topological polar surface area (TPSA) is 70.0 Å². The van der Waals surface area contributed by atoms with Gasteiger partial charge in [-0.05, 0) is 25.7 Å². The van der Waals surface area contributed by atoms with Crippen molar-refractivity contribution in [3.63, 3.8) is 0 Å². The molecule has 1 saturated heterocycles. The Labute approximate surface area is 95.0 Å². The molecule has 2 fully saturated rings. The minimum Gasteiger partial charge on any atom is -0.480 e. The molecule has 2 N–H and O–H groups in total. The van der Waals surface area contributed by atoms with E-state index in [1.807, 2.05) is 11.8 Å². The summed E-state index contributed by atoms with van der Waals surface area (Å²) < 4.78 is 5.42. The van der Waals surface area contributed by atoms with Crippen LogP contribution in [-0.2, 0) is 9.53 Å². The Morgan fingerprint density at radius 2 is 2.25 bits per heavy atom. The van der Waals surface area contributed by atoms with E-state index in [1.165, 1.54) is 0 Å². The fraction of sp³-hybridized carbons (Fsp3) is 0.909. The summed E-state index contributed by atoms with van der Waals surface area (Å²) in [6.07, 6.45) is 1.77. The molecule has 0 spiro atoms. The van der Waals surface area contributed by atoms with Crippen LogP contribution in [0, 0.1) is 5.92 Å². The normalized spacial score (nSPS) is 33.6. The summed E-state index contributed by atoms with van der Waals surface area (Å²) in [5.41, 5.74) is 0. The number of nitrogens with zero attached hydrogens (tertiary/aromatic N) is 1. The molecule has 0 aromatic carbocycles. The molecule has 5 heteroatoms. The first-order chi connectivity index (χ1) is 7.63. The van der Waals surface area contributed by atoms with Crippen molar-refractivity contribution in [1.29, 1.82) is 0 Å². The minimum absolute atomic E-state index is 0.0414. The average molecular weight is 229 g/mol. The molecule has 2 aliphatic rings. The quantitative estimate of drug-likeness (QED) is 0.706. The van der Waals surface area contributed by atoms with Crippen molar-refractivity contribution in [2.45, 2.75) is 38.0 Å². The van der Waals surface area contributed by atoms with Crippen molar-refractivity contribution in [1.82, 2.24) is 4.90 Å². The number of hydrogen-bond donors (Lipinski definition) is 2. The van der Waals surface area contributed by atoms with Gasteiger partial charge in [-0.2, -0.15) is 0 Å². The molecule has 3 unspecified atom stereocenters. The van der Waals surface area contributed by atoms with Crippen LogP contribution in [0.3, 0.4) is 0 Å². The fourth-order valence-corrected chi connectivity index (χ4v) is 2.36. The number of carboxylic acids is 1. The van der Waals surface area contributed by atoms with Gasteiger partial charge in [0.2, 0.25) is 0 Å². The van der Waals surface area contributed by atoms with E-state index >= 15 is 0 Å². The van der Waals surface area contributed by atoms with Gasteiger partial charge in [0.05, 0.1) is 19.3 Å². The zero-order chi connectivity index (χ0) is 11.7. The van der Waals surface area contributed by atoms with Gasteiger partial charge < -0.3 is 14.9 Å². The van der Waals surface area contributed by atoms with Crippen molar-refractivity contribution >= 4 is 5.97 Å². The number of aliphatic hydroxyl groups excluding tert-OH is 1. The average Bonchev–Trinajstić information content (AvgIpc) is 3.05. The predicted octanol–water partition coefficient (Wildman–Crippen LogP) is -0.0688. The zero-order valence-electron chi connectivity index (χ0n) is 9.50. The summed E-state index contributed by atoms with van der Waals surface area (Å²) in [5.74, 6) is -0.453. The van der Waals surface area contributed by atoms with Crippen LogP contribution in [0.25, 0.3) is 0 Å². The van der Waals surface area contributed by atoms with E-state index in [4.69, 9.17) is 9.84 Å². The number of morpholine rings is 1. The highest BCUT2D eigenvalue weighted by molar-refractivity contribution is 5.74. The van der Waals surface area contributed by atoms with E-state index in [1.54, 1.807) is 0 Å². The second-order valence-electron chi connectivity index (χ2n) is 4.80. The first-order valence-corrected chi connectivity index (χ1v) is 5.84. The van der Waals surface area contributed by atoms with E-state index in [0.717, 1.165) is 12.8 Å². The second-order valence-corrected chi connectivity index (χ2v) is 4.80. The zero-order valence-corrected chi connectivity index (χ0v) is 9.50. The van der Waals surface area contributed by atoms with E-state index in [-0.39, 0.29) is 24.7 Å². The Morgan fingerprint density at radius 1 is 1.56 bits per heavy atom.